The Kier molecular flexibility index (Phi) is 5.80. The summed E-state index contributed by atoms with van der Waals surface area (Å²) < 4.78 is 0. The Labute approximate surface area is 113 Å². The van der Waals surface area contributed by atoms with Crippen molar-refractivity contribution in [2.24, 2.45) is 0 Å². The van der Waals surface area contributed by atoms with E-state index < -0.39 is 0 Å². The van der Waals surface area contributed by atoms with E-state index in [-0.39, 0.29) is 0 Å². The molecule has 0 N–H and O–H groups in total. The zero-order chi connectivity index (χ0) is 13.8. The second kappa shape index (κ2) is 6.67. The van der Waals surface area contributed by atoms with Gasteiger partial charge in [-0.2, -0.15) is 0 Å². The second-order valence-electron chi connectivity index (χ2n) is 6.68. The number of carbonyl (C=O) groups excluding carboxylic acids is 1. The number of carbonyl (C=O) groups is 1. The summed E-state index contributed by atoms with van der Waals surface area (Å²) in [7, 11) is 2.21. The lowest BCUT2D eigenvalue weighted by atomic mass is 9.97. The molecule has 1 aliphatic rings. The molecular formula is C15H30N2O. The normalized spacial score (nSPS) is 19.4. The molecule has 0 aromatic rings. The fourth-order valence-corrected chi connectivity index (χ4v) is 2.74. The number of nitrogens with zero attached hydrogens (tertiary/aromatic N) is 2. The Morgan fingerprint density at radius 2 is 1.83 bits per heavy atom. The van der Waals surface area contributed by atoms with Gasteiger partial charge in [0, 0.05) is 31.1 Å². The maximum absolute atomic E-state index is 10.9. The average molecular weight is 254 g/mol. The highest BCUT2D eigenvalue weighted by molar-refractivity contribution is 5.75. The summed E-state index contributed by atoms with van der Waals surface area (Å²) in [5.41, 5.74) is 0.304. The number of Topliss-reactive ketones (excluding diaryl/α,β-unsaturated/α-hetero) is 1. The number of likely N-dealkylation sites (tertiary alicyclic amines) is 1. The highest BCUT2D eigenvalue weighted by Crippen LogP contribution is 2.22. The van der Waals surface area contributed by atoms with Gasteiger partial charge >= 0.3 is 0 Å². The highest BCUT2D eigenvalue weighted by atomic mass is 16.1. The molecule has 106 valence electrons. The summed E-state index contributed by atoms with van der Waals surface area (Å²) >= 11 is 0. The van der Waals surface area contributed by atoms with Crippen molar-refractivity contribution in [3.05, 3.63) is 0 Å². The van der Waals surface area contributed by atoms with Crippen LogP contribution in [0.4, 0.5) is 0 Å². The summed E-state index contributed by atoms with van der Waals surface area (Å²) in [4.78, 5) is 16.0. The third-order valence-corrected chi connectivity index (χ3v) is 4.08. The topological polar surface area (TPSA) is 23.6 Å². The largest absolute Gasteiger partial charge is 0.303 e. The molecule has 1 fully saturated rings. The lowest BCUT2D eigenvalue weighted by Gasteiger charge is -2.43. The zero-order valence-electron chi connectivity index (χ0n) is 12.8. The molecule has 0 amide bonds. The van der Waals surface area contributed by atoms with E-state index in [0.29, 0.717) is 17.4 Å². The van der Waals surface area contributed by atoms with Crippen LogP contribution in [0.2, 0.25) is 0 Å². The van der Waals surface area contributed by atoms with Gasteiger partial charge in [-0.15, -0.1) is 0 Å². The van der Waals surface area contributed by atoms with E-state index in [1.807, 2.05) is 0 Å². The van der Waals surface area contributed by atoms with E-state index in [0.717, 1.165) is 19.4 Å². The van der Waals surface area contributed by atoms with Gasteiger partial charge < -0.3 is 9.69 Å². The maximum atomic E-state index is 10.9. The Bertz CT molecular complexity index is 262. The Morgan fingerprint density at radius 1 is 1.28 bits per heavy atom. The van der Waals surface area contributed by atoms with Gasteiger partial charge in [0.25, 0.3) is 0 Å². The maximum Gasteiger partial charge on any atom is 0.129 e. The molecule has 1 aliphatic heterocycles. The van der Waals surface area contributed by atoms with Crippen molar-refractivity contribution in [1.29, 1.82) is 0 Å². The molecule has 1 saturated heterocycles. The average Bonchev–Trinajstić information content (AvgIpc) is 2.27. The van der Waals surface area contributed by atoms with E-state index in [4.69, 9.17) is 0 Å². The SMILES string of the molecule is CC(=O)CCCN(C)C1CCN(C(C)(C)C)CC1. The molecule has 3 nitrogen and oxygen atoms in total. The molecule has 0 saturated carbocycles. The van der Waals surface area contributed by atoms with Crippen molar-refractivity contribution in [2.45, 2.75) is 65.0 Å². The van der Waals surface area contributed by atoms with Crippen molar-refractivity contribution >= 4 is 5.78 Å². The van der Waals surface area contributed by atoms with Crippen molar-refractivity contribution < 1.29 is 4.79 Å². The molecule has 1 rings (SSSR count). The highest BCUT2D eigenvalue weighted by Gasteiger charge is 2.28. The molecule has 0 atom stereocenters. The molecule has 0 unspecified atom stereocenters. The minimum Gasteiger partial charge on any atom is -0.303 e. The monoisotopic (exact) mass is 254 g/mol. The fraction of sp³-hybridized carbons (Fsp3) is 0.933. The smallest absolute Gasteiger partial charge is 0.129 e. The number of rotatable bonds is 5. The van der Waals surface area contributed by atoms with Crippen LogP contribution in [0.15, 0.2) is 0 Å². The van der Waals surface area contributed by atoms with E-state index in [1.54, 1.807) is 6.92 Å². The summed E-state index contributed by atoms with van der Waals surface area (Å²) in [5, 5.41) is 0. The van der Waals surface area contributed by atoms with E-state index in [2.05, 4.69) is 37.6 Å². The third kappa shape index (κ3) is 5.07. The van der Waals surface area contributed by atoms with Gasteiger partial charge in [0.1, 0.15) is 5.78 Å². The standard InChI is InChI=1S/C15H30N2O/c1-13(18)7-6-10-16(5)14-8-11-17(12-9-14)15(2,3)4/h14H,6-12H2,1-5H3. The number of piperidine rings is 1. The Balaban J connectivity index is 2.27. The first-order valence-corrected chi connectivity index (χ1v) is 7.25. The Hall–Kier alpha value is -0.410. The molecule has 18 heavy (non-hydrogen) atoms. The van der Waals surface area contributed by atoms with Crippen molar-refractivity contribution in [1.82, 2.24) is 9.80 Å². The van der Waals surface area contributed by atoms with Gasteiger partial charge in [-0.1, -0.05) is 0 Å². The van der Waals surface area contributed by atoms with Gasteiger partial charge in [-0.25, -0.2) is 0 Å². The van der Waals surface area contributed by atoms with E-state index in [9.17, 15) is 4.79 Å². The lowest BCUT2D eigenvalue weighted by Crippen LogP contribution is -2.50. The Morgan fingerprint density at radius 3 is 2.28 bits per heavy atom. The predicted octanol–water partition coefficient (Wildman–Crippen LogP) is 2.55. The van der Waals surface area contributed by atoms with Crippen LogP contribution in [0.3, 0.4) is 0 Å². The predicted molar refractivity (Wildman–Crippen MR) is 76.9 cm³/mol. The van der Waals surface area contributed by atoms with Gasteiger partial charge in [0.2, 0.25) is 0 Å². The van der Waals surface area contributed by atoms with Crippen molar-refractivity contribution in [3.63, 3.8) is 0 Å². The molecular weight excluding hydrogens is 224 g/mol. The molecule has 0 bridgehead atoms. The first-order valence-electron chi connectivity index (χ1n) is 7.25. The summed E-state index contributed by atoms with van der Waals surface area (Å²) in [6, 6.07) is 0.704. The van der Waals surface area contributed by atoms with Crippen molar-refractivity contribution in [2.75, 3.05) is 26.7 Å². The van der Waals surface area contributed by atoms with Crippen LogP contribution in [0.25, 0.3) is 0 Å². The minimum absolute atomic E-state index is 0.304. The first-order chi connectivity index (χ1) is 8.30. The van der Waals surface area contributed by atoms with Crippen LogP contribution in [0.1, 0.15) is 53.4 Å². The number of ketones is 1. The molecule has 0 radical (unpaired) electrons. The molecule has 0 aliphatic carbocycles. The van der Waals surface area contributed by atoms with Gasteiger partial charge in [-0.3, -0.25) is 4.90 Å². The first kappa shape index (κ1) is 15.6. The fourth-order valence-electron chi connectivity index (χ4n) is 2.74. The molecule has 0 spiro atoms. The number of hydrogen-bond acceptors (Lipinski definition) is 3. The van der Waals surface area contributed by atoms with Crippen LogP contribution in [-0.2, 0) is 4.79 Å². The quantitative estimate of drug-likeness (QED) is 0.753. The van der Waals surface area contributed by atoms with Crippen LogP contribution < -0.4 is 0 Å². The summed E-state index contributed by atoms with van der Waals surface area (Å²) in [6.07, 6.45) is 4.25. The summed E-state index contributed by atoms with van der Waals surface area (Å²) in [6.45, 7) is 12.0. The van der Waals surface area contributed by atoms with Crippen LogP contribution >= 0.6 is 0 Å². The van der Waals surface area contributed by atoms with Crippen molar-refractivity contribution in [3.8, 4) is 0 Å². The zero-order valence-corrected chi connectivity index (χ0v) is 12.8. The van der Waals surface area contributed by atoms with E-state index >= 15 is 0 Å². The van der Waals surface area contributed by atoms with Gasteiger partial charge in [0.05, 0.1) is 0 Å². The number of hydrogen-bond donors (Lipinski definition) is 0. The van der Waals surface area contributed by atoms with Crippen LogP contribution in [0.5, 0.6) is 0 Å². The second-order valence-corrected chi connectivity index (χ2v) is 6.68. The lowest BCUT2D eigenvalue weighted by molar-refractivity contribution is -0.117. The van der Waals surface area contributed by atoms with Gasteiger partial charge in [-0.05, 0) is 60.5 Å². The molecule has 1 heterocycles. The third-order valence-electron chi connectivity index (χ3n) is 4.08. The molecule has 0 aromatic carbocycles. The summed E-state index contributed by atoms with van der Waals surface area (Å²) in [5.74, 6) is 0.311. The molecule has 0 aromatic heterocycles. The molecule has 3 heteroatoms. The van der Waals surface area contributed by atoms with Crippen LogP contribution in [-0.4, -0.2) is 53.8 Å². The van der Waals surface area contributed by atoms with Gasteiger partial charge in [0.15, 0.2) is 0 Å². The minimum atomic E-state index is 0.304. The van der Waals surface area contributed by atoms with E-state index in [1.165, 1.54) is 25.9 Å². The van der Waals surface area contributed by atoms with Crippen LogP contribution in [0, 0.1) is 0 Å².